The van der Waals surface area contributed by atoms with Gasteiger partial charge in [0.2, 0.25) is 0 Å². The van der Waals surface area contributed by atoms with E-state index in [1.807, 2.05) is 36.4 Å². The molecule has 0 spiro atoms. The number of aromatic nitrogens is 2. The molecule has 3 rings (SSSR count). The molecule has 4 heteroatoms. The van der Waals surface area contributed by atoms with Gasteiger partial charge in [0.15, 0.2) is 5.82 Å². The minimum absolute atomic E-state index is 0.0479. The third-order valence-corrected chi connectivity index (χ3v) is 3.75. The predicted octanol–water partition coefficient (Wildman–Crippen LogP) is 5.26. The zero-order chi connectivity index (χ0) is 17.0. The fraction of sp³-hybridized carbons (Fsp3) is 0.200. The summed E-state index contributed by atoms with van der Waals surface area (Å²) in [4.78, 5) is 8.54. The summed E-state index contributed by atoms with van der Waals surface area (Å²) in [5.74, 6) is 0.750. The Kier molecular flexibility index (Phi) is 4.47. The van der Waals surface area contributed by atoms with Gasteiger partial charge in [-0.2, -0.15) is 0 Å². The summed E-state index contributed by atoms with van der Waals surface area (Å²) in [7, 11) is 0. The van der Waals surface area contributed by atoms with Crippen molar-refractivity contribution in [1.82, 2.24) is 9.97 Å². The molecule has 0 saturated heterocycles. The Morgan fingerprint density at radius 3 is 2.25 bits per heavy atom. The maximum absolute atomic E-state index is 4.38. The van der Waals surface area contributed by atoms with Crippen molar-refractivity contribution in [1.29, 1.82) is 0 Å². The Hall–Kier alpha value is -2.88. The highest BCUT2D eigenvalue weighted by atomic mass is 15.1. The molecule has 0 fully saturated rings. The molecule has 122 valence electrons. The van der Waals surface area contributed by atoms with E-state index in [1.54, 1.807) is 12.5 Å². The molecule has 0 amide bonds. The van der Waals surface area contributed by atoms with Gasteiger partial charge in [-0.25, -0.2) is 9.97 Å². The first kappa shape index (κ1) is 16.0. The van der Waals surface area contributed by atoms with Crippen LogP contribution in [0.1, 0.15) is 26.3 Å². The van der Waals surface area contributed by atoms with Gasteiger partial charge in [0.1, 0.15) is 12.0 Å². The molecule has 0 atom stereocenters. The Morgan fingerprint density at radius 1 is 0.792 bits per heavy atom. The lowest BCUT2D eigenvalue weighted by Crippen LogP contribution is -2.14. The maximum atomic E-state index is 4.38. The largest absolute Gasteiger partial charge is 0.351 e. The first-order chi connectivity index (χ1) is 11.5. The molecule has 1 aromatic heterocycles. The van der Waals surface area contributed by atoms with Crippen LogP contribution >= 0.6 is 0 Å². The standard InChI is InChI=1S/C20H22N4/c1-20(2,3)16-11-7-8-12-17(16)24-18-13-21-14-22-19(18)23-15-9-5-4-6-10-15/h4-14,24H,1-3H3,(H,21,22,23). The van der Waals surface area contributed by atoms with E-state index >= 15 is 0 Å². The molecular formula is C20H22N4. The van der Waals surface area contributed by atoms with E-state index < -0.39 is 0 Å². The van der Waals surface area contributed by atoms with Crippen LogP contribution < -0.4 is 10.6 Å². The minimum Gasteiger partial charge on any atom is -0.351 e. The summed E-state index contributed by atoms with van der Waals surface area (Å²) in [6.07, 6.45) is 3.34. The molecule has 1 heterocycles. The van der Waals surface area contributed by atoms with Gasteiger partial charge in [-0.05, 0) is 29.2 Å². The molecule has 2 aromatic carbocycles. The summed E-state index contributed by atoms with van der Waals surface area (Å²) >= 11 is 0. The summed E-state index contributed by atoms with van der Waals surface area (Å²) < 4.78 is 0. The van der Waals surface area contributed by atoms with Gasteiger partial charge in [0.25, 0.3) is 0 Å². The summed E-state index contributed by atoms with van der Waals surface area (Å²) in [5, 5.41) is 6.82. The Bertz CT molecular complexity index is 807. The SMILES string of the molecule is CC(C)(C)c1ccccc1Nc1cncnc1Nc1ccccc1. The Labute approximate surface area is 143 Å². The van der Waals surface area contributed by atoms with E-state index in [0.29, 0.717) is 0 Å². The lowest BCUT2D eigenvalue weighted by Gasteiger charge is -2.24. The number of benzene rings is 2. The van der Waals surface area contributed by atoms with Crippen molar-refractivity contribution >= 4 is 22.9 Å². The predicted molar refractivity (Wildman–Crippen MR) is 100 cm³/mol. The molecule has 3 aromatic rings. The lowest BCUT2D eigenvalue weighted by atomic mass is 9.86. The highest BCUT2D eigenvalue weighted by Crippen LogP contribution is 2.33. The number of nitrogens with one attached hydrogen (secondary N) is 2. The van der Waals surface area contributed by atoms with Crippen LogP contribution in [0.5, 0.6) is 0 Å². The van der Waals surface area contributed by atoms with E-state index in [4.69, 9.17) is 0 Å². The first-order valence-electron chi connectivity index (χ1n) is 8.02. The highest BCUT2D eigenvalue weighted by Gasteiger charge is 2.18. The van der Waals surface area contributed by atoms with Crippen molar-refractivity contribution in [2.75, 3.05) is 10.6 Å². The van der Waals surface area contributed by atoms with Gasteiger partial charge in [0.05, 0.1) is 6.20 Å². The van der Waals surface area contributed by atoms with Crippen LogP contribution in [0.15, 0.2) is 67.1 Å². The van der Waals surface area contributed by atoms with E-state index in [2.05, 4.69) is 59.6 Å². The third kappa shape index (κ3) is 3.71. The van der Waals surface area contributed by atoms with Gasteiger partial charge in [-0.1, -0.05) is 57.2 Å². The summed E-state index contributed by atoms with van der Waals surface area (Å²) in [6.45, 7) is 6.62. The van der Waals surface area contributed by atoms with Crippen molar-refractivity contribution in [3.05, 3.63) is 72.7 Å². The van der Waals surface area contributed by atoms with Crippen molar-refractivity contribution < 1.29 is 0 Å². The molecule has 0 bridgehead atoms. The Morgan fingerprint density at radius 2 is 1.50 bits per heavy atom. The van der Waals surface area contributed by atoms with Gasteiger partial charge in [-0.15, -0.1) is 0 Å². The Balaban J connectivity index is 1.92. The normalized spacial score (nSPS) is 11.1. The van der Waals surface area contributed by atoms with Crippen molar-refractivity contribution in [3.8, 4) is 0 Å². The molecule has 4 nitrogen and oxygen atoms in total. The molecule has 0 aliphatic rings. The topological polar surface area (TPSA) is 49.8 Å². The molecule has 0 saturated carbocycles. The van der Waals surface area contributed by atoms with E-state index in [-0.39, 0.29) is 5.41 Å². The van der Waals surface area contributed by atoms with Crippen LogP contribution in [0.25, 0.3) is 0 Å². The summed E-state index contributed by atoms with van der Waals surface area (Å²) in [6, 6.07) is 18.3. The summed E-state index contributed by atoms with van der Waals surface area (Å²) in [5.41, 5.74) is 4.20. The number of hydrogen-bond acceptors (Lipinski definition) is 4. The zero-order valence-electron chi connectivity index (χ0n) is 14.2. The monoisotopic (exact) mass is 318 g/mol. The van der Waals surface area contributed by atoms with Crippen LogP contribution in [0.3, 0.4) is 0 Å². The average Bonchev–Trinajstić information content (AvgIpc) is 2.57. The number of hydrogen-bond donors (Lipinski definition) is 2. The second-order valence-electron chi connectivity index (χ2n) is 6.70. The first-order valence-corrected chi connectivity index (χ1v) is 8.02. The van der Waals surface area contributed by atoms with Crippen molar-refractivity contribution in [2.45, 2.75) is 26.2 Å². The van der Waals surface area contributed by atoms with Gasteiger partial charge in [-0.3, -0.25) is 0 Å². The van der Waals surface area contributed by atoms with E-state index in [9.17, 15) is 0 Å². The second-order valence-corrected chi connectivity index (χ2v) is 6.70. The molecule has 2 N–H and O–H groups in total. The van der Waals surface area contributed by atoms with Crippen LogP contribution in [0.2, 0.25) is 0 Å². The van der Waals surface area contributed by atoms with Gasteiger partial charge < -0.3 is 10.6 Å². The van der Waals surface area contributed by atoms with Crippen LogP contribution in [0, 0.1) is 0 Å². The van der Waals surface area contributed by atoms with Crippen LogP contribution in [-0.4, -0.2) is 9.97 Å². The zero-order valence-corrected chi connectivity index (χ0v) is 14.2. The second kappa shape index (κ2) is 6.71. The van der Waals surface area contributed by atoms with E-state index in [0.717, 1.165) is 22.9 Å². The fourth-order valence-corrected chi connectivity index (χ4v) is 2.57. The number of nitrogens with zero attached hydrogens (tertiary/aromatic N) is 2. The molecule has 0 aliphatic heterocycles. The third-order valence-electron chi connectivity index (χ3n) is 3.75. The maximum Gasteiger partial charge on any atom is 0.157 e. The number of para-hydroxylation sites is 2. The molecule has 24 heavy (non-hydrogen) atoms. The van der Waals surface area contributed by atoms with Crippen LogP contribution in [-0.2, 0) is 5.41 Å². The minimum atomic E-state index is 0.0479. The molecule has 0 radical (unpaired) electrons. The average molecular weight is 318 g/mol. The number of rotatable bonds is 4. The smallest absolute Gasteiger partial charge is 0.157 e. The van der Waals surface area contributed by atoms with Crippen LogP contribution in [0.4, 0.5) is 22.9 Å². The van der Waals surface area contributed by atoms with E-state index in [1.165, 1.54) is 5.56 Å². The van der Waals surface area contributed by atoms with Gasteiger partial charge in [0, 0.05) is 11.4 Å². The lowest BCUT2D eigenvalue weighted by molar-refractivity contribution is 0.592. The quantitative estimate of drug-likeness (QED) is 0.689. The fourth-order valence-electron chi connectivity index (χ4n) is 2.57. The van der Waals surface area contributed by atoms with Crippen molar-refractivity contribution in [3.63, 3.8) is 0 Å². The molecular weight excluding hydrogens is 296 g/mol. The van der Waals surface area contributed by atoms with Gasteiger partial charge >= 0.3 is 0 Å². The highest BCUT2D eigenvalue weighted by molar-refractivity contribution is 5.75. The van der Waals surface area contributed by atoms with Crippen molar-refractivity contribution in [2.24, 2.45) is 0 Å². The number of anilines is 4. The molecule has 0 aliphatic carbocycles. The molecule has 0 unspecified atom stereocenters.